The van der Waals surface area contributed by atoms with Gasteiger partial charge in [-0.2, -0.15) is 5.26 Å². The molecule has 4 heteroatoms. The first-order valence-electron chi connectivity index (χ1n) is 4.37. The number of carboxylic acid groups (broad SMARTS) is 1. The molecule has 72 valence electrons. The normalized spacial score (nSPS) is 17.4. The Hall–Kier alpha value is -1.34. The zero-order valence-electron chi connectivity index (χ0n) is 7.49. The van der Waals surface area contributed by atoms with Crippen molar-refractivity contribution in [2.24, 2.45) is 0 Å². The van der Waals surface area contributed by atoms with Gasteiger partial charge in [0, 0.05) is 15.7 Å². The molecule has 0 amide bonds. The number of hydrogen-bond acceptors (Lipinski definition) is 3. The SMILES string of the molecule is N#Cc1csc(C2(CC(=O)O)CC2)c1. The number of carboxylic acids is 1. The molecule has 1 aliphatic carbocycles. The molecule has 1 heterocycles. The van der Waals surface area contributed by atoms with Crippen molar-refractivity contribution < 1.29 is 9.90 Å². The van der Waals surface area contributed by atoms with E-state index in [0.717, 1.165) is 17.7 Å². The summed E-state index contributed by atoms with van der Waals surface area (Å²) in [5.41, 5.74) is 0.493. The van der Waals surface area contributed by atoms with E-state index in [-0.39, 0.29) is 11.8 Å². The number of nitriles is 1. The van der Waals surface area contributed by atoms with Crippen LogP contribution in [0.2, 0.25) is 0 Å². The number of hydrogen-bond donors (Lipinski definition) is 1. The zero-order valence-corrected chi connectivity index (χ0v) is 8.30. The maximum absolute atomic E-state index is 10.6. The van der Waals surface area contributed by atoms with Crippen LogP contribution in [0.1, 0.15) is 29.7 Å². The highest BCUT2D eigenvalue weighted by atomic mass is 32.1. The van der Waals surface area contributed by atoms with E-state index in [2.05, 4.69) is 6.07 Å². The summed E-state index contributed by atoms with van der Waals surface area (Å²) in [5.74, 6) is -0.755. The average Bonchev–Trinajstić information content (AvgIpc) is 2.76. The van der Waals surface area contributed by atoms with Crippen LogP contribution in [0.3, 0.4) is 0 Å². The number of nitrogens with zero attached hydrogens (tertiary/aromatic N) is 1. The van der Waals surface area contributed by atoms with Crippen LogP contribution in [-0.2, 0) is 10.2 Å². The first-order valence-corrected chi connectivity index (χ1v) is 5.25. The summed E-state index contributed by atoms with van der Waals surface area (Å²) < 4.78 is 0. The van der Waals surface area contributed by atoms with Crippen LogP contribution in [0.4, 0.5) is 0 Å². The van der Waals surface area contributed by atoms with Gasteiger partial charge in [-0.25, -0.2) is 0 Å². The molecule has 1 fully saturated rings. The predicted molar refractivity (Wildman–Crippen MR) is 52.2 cm³/mol. The number of rotatable bonds is 3. The Morgan fingerprint density at radius 1 is 1.71 bits per heavy atom. The molecule has 1 aromatic heterocycles. The van der Waals surface area contributed by atoms with Crippen molar-refractivity contribution in [1.82, 2.24) is 0 Å². The fourth-order valence-electron chi connectivity index (χ4n) is 1.62. The molecule has 1 aliphatic rings. The second-order valence-corrected chi connectivity index (χ2v) is 4.57. The lowest BCUT2D eigenvalue weighted by Gasteiger charge is -2.08. The van der Waals surface area contributed by atoms with Crippen LogP contribution in [0.5, 0.6) is 0 Å². The molecule has 1 saturated carbocycles. The number of thiophene rings is 1. The van der Waals surface area contributed by atoms with Crippen molar-refractivity contribution in [2.45, 2.75) is 24.7 Å². The summed E-state index contributed by atoms with van der Waals surface area (Å²) in [6, 6.07) is 3.88. The second-order valence-electron chi connectivity index (χ2n) is 3.66. The Labute approximate surface area is 85.6 Å². The van der Waals surface area contributed by atoms with E-state index in [4.69, 9.17) is 10.4 Å². The first-order chi connectivity index (χ1) is 6.66. The Balaban J connectivity index is 2.23. The number of aliphatic carboxylic acids is 1. The molecule has 1 aromatic rings. The number of carbonyl (C=O) groups is 1. The van der Waals surface area contributed by atoms with Gasteiger partial charge in [-0.05, 0) is 18.9 Å². The molecule has 1 N–H and O–H groups in total. The van der Waals surface area contributed by atoms with E-state index >= 15 is 0 Å². The first kappa shape index (κ1) is 9.22. The Bertz CT molecular complexity index is 412. The van der Waals surface area contributed by atoms with Crippen LogP contribution in [0.25, 0.3) is 0 Å². The quantitative estimate of drug-likeness (QED) is 0.825. The standard InChI is InChI=1S/C10H9NO2S/c11-5-7-3-8(14-6-7)10(1-2-10)4-9(12)13/h3,6H,1-2,4H2,(H,12,13). The van der Waals surface area contributed by atoms with Crippen molar-refractivity contribution in [3.05, 3.63) is 21.9 Å². The summed E-state index contributed by atoms with van der Waals surface area (Å²) in [5, 5.41) is 19.2. The summed E-state index contributed by atoms with van der Waals surface area (Å²) in [6.45, 7) is 0. The minimum atomic E-state index is -0.755. The summed E-state index contributed by atoms with van der Waals surface area (Å²) in [4.78, 5) is 11.7. The lowest BCUT2D eigenvalue weighted by Crippen LogP contribution is -2.11. The van der Waals surface area contributed by atoms with Gasteiger partial charge < -0.3 is 5.11 Å². The summed E-state index contributed by atoms with van der Waals surface area (Å²) >= 11 is 1.50. The molecule has 0 radical (unpaired) electrons. The second kappa shape index (κ2) is 3.10. The Kier molecular flexibility index (Phi) is 2.05. The minimum Gasteiger partial charge on any atom is -0.481 e. The van der Waals surface area contributed by atoms with Crippen LogP contribution in [0.15, 0.2) is 11.4 Å². The predicted octanol–water partition coefficient (Wildman–Crippen LogP) is 2.13. The van der Waals surface area contributed by atoms with Gasteiger partial charge in [0.15, 0.2) is 0 Å². The molecule has 0 aromatic carbocycles. The van der Waals surface area contributed by atoms with Crippen molar-refractivity contribution in [2.75, 3.05) is 0 Å². The molecular formula is C10H9NO2S. The largest absolute Gasteiger partial charge is 0.481 e. The third-order valence-electron chi connectivity index (χ3n) is 2.59. The van der Waals surface area contributed by atoms with Gasteiger partial charge in [-0.3, -0.25) is 4.79 Å². The van der Waals surface area contributed by atoms with Gasteiger partial charge in [0.05, 0.1) is 12.0 Å². The van der Waals surface area contributed by atoms with Gasteiger partial charge in [-0.15, -0.1) is 11.3 Å². The highest BCUT2D eigenvalue weighted by molar-refractivity contribution is 7.10. The average molecular weight is 207 g/mol. The molecule has 14 heavy (non-hydrogen) atoms. The third kappa shape index (κ3) is 1.51. The highest BCUT2D eigenvalue weighted by Gasteiger charge is 2.47. The van der Waals surface area contributed by atoms with E-state index in [1.165, 1.54) is 11.3 Å². The fourth-order valence-corrected chi connectivity index (χ4v) is 2.72. The fraction of sp³-hybridized carbons (Fsp3) is 0.400. The van der Waals surface area contributed by atoms with E-state index in [1.807, 2.05) is 6.07 Å². The van der Waals surface area contributed by atoms with Crippen LogP contribution in [-0.4, -0.2) is 11.1 Å². The minimum absolute atomic E-state index is 0.147. The summed E-state index contributed by atoms with van der Waals surface area (Å²) in [7, 11) is 0. The maximum Gasteiger partial charge on any atom is 0.304 e. The van der Waals surface area contributed by atoms with E-state index < -0.39 is 5.97 Å². The molecular weight excluding hydrogens is 198 g/mol. The van der Waals surface area contributed by atoms with Gasteiger partial charge in [-0.1, -0.05) is 0 Å². The van der Waals surface area contributed by atoms with Gasteiger partial charge in [0.2, 0.25) is 0 Å². The Morgan fingerprint density at radius 3 is 2.86 bits per heavy atom. The monoisotopic (exact) mass is 207 g/mol. The summed E-state index contributed by atoms with van der Waals surface area (Å²) in [6.07, 6.45) is 2.06. The lowest BCUT2D eigenvalue weighted by molar-refractivity contribution is -0.137. The van der Waals surface area contributed by atoms with E-state index in [9.17, 15) is 4.79 Å². The highest BCUT2D eigenvalue weighted by Crippen LogP contribution is 2.52. The van der Waals surface area contributed by atoms with Crippen molar-refractivity contribution in [3.63, 3.8) is 0 Å². The van der Waals surface area contributed by atoms with Crippen LogP contribution in [0, 0.1) is 11.3 Å². The Morgan fingerprint density at radius 2 is 2.43 bits per heavy atom. The van der Waals surface area contributed by atoms with Gasteiger partial charge in [0.1, 0.15) is 6.07 Å². The van der Waals surface area contributed by atoms with Crippen LogP contribution < -0.4 is 0 Å². The molecule has 0 atom stereocenters. The molecule has 0 bridgehead atoms. The van der Waals surface area contributed by atoms with Crippen LogP contribution >= 0.6 is 11.3 Å². The van der Waals surface area contributed by atoms with E-state index in [1.54, 1.807) is 5.38 Å². The van der Waals surface area contributed by atoms with E-state index in [0.29, 0.717) is 5.56 Å². The van der Waals surface area contributed by atoms with Gasteiger partial charge >= 0.3 is 5.97 Å². The van der Waals surface area contributed by atoms with Gasteiger partial charge in [0.25, 0.3) is 0 Å². The molecule has 2 rings (SSSR count). The topological polar surface area (TPSA) is 61.1 Å². The van der Waals surface area contributed by atoms with Crippen molar-refractivity contribution in [3.8, 4) is 6.07 Å². The molecule has 0 spiro atoms. The van der Waals surface area contributed by atoms with Crippen molar-refractivity contribution in [1.29, 1.82) is 5.26 Å². The third-order valence-corrected chi connectivity index (χ3v) is 3.77. The molecule has 0 aliphatic heterocycles. The smallest absolute Gasteiger partial charge is 0.304 e. The van der Waals surface area contributed by atoms with Crippen molar-refractivity contribution >= 4 is 17.3 Å². The maximum atomic E-state index is 10.6. The molecule has 0 saturated heterocycles. The zero-order chi connectivity index (χ0) is 10.2. The molecule has 0 unspecified atom stereocenters. The molecule has 3 nitrogen and oxygen atoms in total. The lowest BCUT2D eigenvalue weighted by atomic mass is 10.0.